The molecule has 1 aliphatic rings. The maximum Gasteiger partial charge on any atom is 0.573 e. The van der Waals surface area contributed by atoms with Crippen LogP contribution in [-0.2, 0) is 11.2 Å². The molecule has 0 aliphatic carbocycles. The Bertz CT molecular complexity index is 845. The van der Waals surface area contributed by atoms with Gasteiger partial charge in [-0.05, 0) is 37.3 Å². The molecule has 178 valence electrons. The Morgan fingerprint density at radius 2 is 1.75 bits per heavy atom. The van der Waals surface area contributed by atoms with Gasteiger partial charge in [-0.25, -0.2) is 0 Å². The van der Waals surface area contributed by atoms with E-state index in [2.05, 4.69) is 4.74 Å². The summed E-state index contributed by atoms with van der Waals surface area (Å²) in [4.78, 5) is 8.36. The summed E-state index contributed by atoms with van der Waals surface area (Å²) in [7, 11) is 0. The fraction of sp³-hybridized carbons (Fsp3) is 0.409. The number of hydrogen-bond donors (Lipinski definition) is 1. The van der Waals surface area contributed by atoms with Crippen LogP contribution in [0.15, 0.2) is 36.4 Å². The van der Waals surface area contributed by atoms with Gasteiger partial charge in [0.05, 0.1) is 18.2 Å². The molecule has 0 aromatic heterocycles. The first-order chi connectivity index (χ1) is 15.2. The lowest BCUT2D eigenvalue weighted by Crippen LogP contribution is -2.17. The Labute approximate surface area is 189 Å². The number of benzene rings is 2. The molecular weight excluding hydrogens is 453 g/mol. The maximum atomic E-state index is 12.2. The molecule has 0 amide bonds. The number of ether oxygens (including phenoxy) is 4. The quantitative estimate of drug-likeness (QED) is 0.381. The predicted molar refractivity (Wildman–Crippen MR) is 114 cm³/mol. The van der Waals surface area contributed by atoms with E-state index in [4.69, 9.17) is 35.7 Å². The second-order valence-electron chi connectivity index (χ2n) is 6.20. The van der Waals surface area contributed by atoms with Gasteiger partial charge in [-0.2, -0.15) is 0 Å². The molecule has 0 saturated heterocycles. The van der Waals surface area contributed by atoms with Crippen molar-refractivity contribution in [2.45, 2.75) is 46.1 Å². The topological polar surface area (TPSA) is 74.2 Å². The summed E-state index contributed by atoms with van der Waals surface area (Å²) in [6.07, 6.45) is -3.13. The zero-order valence-electron chi connectivity index (χ0n) is 17.9. The molecule has 2 aromatic carbocycles. The van der Waals surface area contributed by atoms with Crippen LogP contribution in [0.1, 0.15) is 32.8 Å². The van der Waals surface area contributed by atoms with Crippen LogP contribution >= 0.6 is 11.6 Å². The van der Waals surface area contributed by atoms with Gasteiger partial charge >= 0.3 is 6.36 Å². The first kappa shape index (κ1) is 27.2. The van der Waals surface area contributed by atoms with Gasteiger partial charge in [0.2, 0.25) is 0 Å². The Hall–Kier alpha value is -2.81. The van der Waals surface area contributed by atoms with E-state index in [1.165, 1.54) is 6.07 Å². The van der Waals surface area contributed by atoms with E-state index in [9.17, 15) is 13.2 Å². The normalized spacial score (nSPS) is 13.9. The largest absolute Gasteiger partial charge is 0.573 e. The SMILES string of the molecule is CC.CC1Cc2cc(OCCCOc3ccc(OC(F)(F)F)cc3Cl)ccc2O1.O=CO. The molecule has 0 bridgehead atoms. The molecule has 1 atom stereocenters. The molecule has 32 heavy (non-hydrogen) atoms. The molecule has 1 N–H and O–H groups in total. The fourth-order valence-corrected chi connectivity index (χ4v) is 2.94. The maximum absolute atomic E-state index is 12.2. The Kier molecular flexibility index (Phi) is 11.5. The third-order valence-corrected chi connectivity index (χ3v) is 4.11. The number of carboxylic acid groups (broad SMARTS) is 1. The van der Waals surface area contributed by atoms with Gasteiger partial charge in [0.1, 0.15) is 29.1 Å². The van der Waals surface area contributed by atoms with Crippen molar-refractivity contribution >= 4 is 18.1 Å². The molecule has 3 rings (SSSR count). The summed E-state index contributed by atoms with van der Waals surface area (Å²) in [5, 5.41) is 6.94. The molecule has 10 heteroatoms. The van der Waals surface area contributed by atoms with Crippen molar-refractivity contribution in [3.63, 3.8) is 0 Å². The number of rotatable bonds is 7. The summed E-state index contributed by atoms with van der Waals surface area (Å²) >= 11 is 5.92. The summed E-state index contributed by atoms with van der Waals surface area (Å²) in [5.74, 6) is 1.55. The van der Waals surface area contributed by atoms with E-state index in [1.54, 1.807) is 0 Å². The smallest absolute Gasteiger partial charge is 0.493 e. The molecule has 6 nitrogen and oxygen atoms in total. The minimum absolute atomic E-state index is 0.0467. The molecule has 1 heterocycles. The monoisotopic (exact) mass is 478 g/mol. The first-order valence-corrected chi connectivity index (χ1v) is 10.3. The minimum atomic E-state index is -4.76. The van der Waals surface area contributed by atoms with Crippen molar-refractivity contribution < 1.29 is 42.0 Å². The third kappa shape index (κ3) is 9.55. The van der Waals surface area contributed by atoms with E-state index in [0.29, 0.717) is 19.6 Å². The van der Waals surface area contributed by atoms with Crippen molar-refractivity contribution in [2.75, 3.05) is 13.2 Å². The van der Waals surface area contributed by atoms with Crippen LogP contribution in [0.3, 0.4) is 0 Å². The van der Waals surface area contributed by atoms with Gasteiger partial charge in [0.15, 0.2) is 0 Å². The van der Waals surface area contributed by atoms with Crippen LogP contribution in [0.4, 0.5) is 13.2 Å². The van der Waals surface area contributed by atoms with Crippen LogP contribution in [-0.4, -0.2) is 37.3 Å². The molecule has 0 fully saturated rings. The number of halogens is 4. The summed E-state index contributed by atoms with van der Waals surface area (Å²) in [5.41, 5.74) is 1.13. The molecule has 0 saturated carbocycles. The van der Waals surface area contributed by atoms with Crippen LogP contribution in [0.25, 0.3) is 0 Å². The van der Waals surface area contributed by atoms with E-state index >= 15 is 0 Å². The van der Waals surface area contributed by atoms with Crippen molar-refractivity contribution in [3.8, 4) is 23.0 Å². The average molecular weight is 479 g/mol. The molecule has 1 unspecified atom stereocenters. The fourth-order valence-electron chi connectivity index (χ4n) is 2.72. The Morgan fingerprint density at radius 1 is 1.12 bits per heavy atom. The van der Waals surface area contributed by atoms with Crippen molar-refractivity contribution in [3.05, 3.63) is 47.0 Å². The lowest BCUT2D eigenvalue weighted by molar-refractivity contribution is -0.274. The highest BCUT2D eigenvalue weighted by Crippen LogP contribution is 2.33. The Balaban J connectivity index is 0.000000944. The molecular formula is C22H26ClF3O6. The van der Waals surface area contributed by atoms with E-state index in [1.807, 2.05) is 39.0 Å². The minimum Gasteiger partial charge on any atom is -0.493 e. The number of hydrogen-bond acceptors (Lipinski definition) is 5. The lowest BCUT2D eigenvalue weighted by atomic mass is 10.1. The molecule has 1 aliphatic heterocycles. The molecule has 0 spiro atoms. The zero-order valence-corrected chi connectivity index (χ0v) is 18.7. The highest BCUT2D eigenvalue weighted by Gasteiger charge is 2.31. The van der Waals surface area contributed by atoms with Crippen LogP contribution < -0.4 is 18.9 Å². The van der Waals surface area contributed by atoms with Gasteiger partial charge in [-0.15, -0.1) is 13.2 Å². The summed E-state index contributed by atoms with van der Waals surface area (Å²) in [6, 6.07) is 9.28. The highest BCUT2D eigenvalue weighted by atomic mass is 35.5. The number of fused-ring (bicyclic) bond motifs is 1. The standard InChI is InChI=1S/C19H18ClF3O4.C2H6.CH2O2/c1-12-9-13-10-14(3-5-17(13)26-12)24-7-2-8-25-18-6-4-15(11-16(18)20)27-19(21,22)23;1-2;2-1-3/h3-6,10-12H,2,7-9H2,1H3;1-2H3;1H,(H,2,3). The van der Waals surface area contributed by atoms with Gasteiger partial charge in [0.25, 0.3) is 6.47 Å². The zero-order chi connectivity index (χ0) is 24.1. The number of alkyl halides is 3. The average Bonchev–Trinajstić information content (AvgIpc) is 3.09. The van der Waals surface area contributed by atoms with E-state index in [0.717, 1.165) is 35.6 Å². The first-order valence-electron chi connectivity index (χ1n) is 9.90. The van der Waals surface area contributed by atoms with Gasteiger partial charge in [0, 0.05) is 24.5 Å². The molecule has 2 aromatic rings. The van der Waals surface area contributed by atoms with Gasteiger partial charge in [-0.3, -0.25) is 4.79 Å². The van der Waals surface area contributed by atoms with Crippen LogP contribution in [0.2, 0.25) is 5.02 Å². The second kappa shape index (κ2) is 13.6. The van der Waals surface area contributed by atoms with E-state index in [-0.39, 0.29) is 23.3 Å². The Morgan fingerprint density at radius 3 is 2.38 bits per heavy atom. The number of carbonyl (C=O) groups is 1. The second-order valence-corrected chi connectivity index (χ2v) is 6.61. The lowest BCUT2D eigenvalue weighted by Gasteiger charge is -2.12. The summed E-state index contributed by atoms with van der Waals surface area (Å²) in [6.45, 7) is 6.51. The predicted octanol–water partition coefficient (Wildman–Crippen LogP) is 6.14. The highest BCUT2D eigenvalue weighted by molar-refractivity contribution is 6.32. The van der Waals surface area contributed by atoms with Crippen molar-refractivity contribution in [2.24, 2.45) is 0 Å². The van der Waals surface area contributed by atoms with Crippen LogP contribution in [0.5, 0.6) is 23.0 Å². The summed E-state index contributed by atoms with van der Waals surface area (Å²) < 4.78 is 57.1. The third-order valence-electron chi connectivity index (χ3n) is 3.82. The van der Waals surface area contributed by atoms with Crippen molar-refractivity contribution in [1.29, 1.82) is 0 Å². The van der Waals surface area contributed by atoms with Gasteiger partial charge < -0.3 is 24.1 Å². The van der Waals surface area contributed by atoms with Crippen molar-refractivity contribution in [1.82, 2.24) is 0 Å². The van der Waals surface area contributed by atoms with Crippen LogP contribution in [0, 0.1) is 0 Å². The van der Waals surface area contributed by atoms with E-state index < -0.39 is 12.1 Å². The molecule has 0 radical (unpaired) electrons. The van der Waals surface area contributed by atoms with Gasteiger partial charge in [-0.1, -0.05) is 25.4 Å².